The minimum absolute atomic E-state index is 0.129. The first-order valence-corrected chi connectivity index (χ1v) is 11.2. The zero-order valence-electron chi connectivity index (χ0n) is 18.2. The molecule has 4 heteroatoms. The molecule has 0 saturated heterocycles. The van der Waals surface area contributed by atoms with E-state index in [1.165, 1.54) is 16.7 Å². The summed E-state index contributed by atoms with van der Waals surface area (Å²) in [7, 11) is -0.833. The lowest BCUT2D eigenvalue weighted by atomic mass is 9.76. The molecule has 0 atom stereocenters. The van der Waals surface area contributed by atoms with Crippen LogP contribution in [-0.2, 0) is 4.57 Å². The van der Waals surface area contributed by atoms with Crippen LogP contribution in [0.2, 0.25) is 0 Å². The molecule has 0 fully saturated rings. The van der Waals surface area contributed by atoms with E-state index in [4.69, 9.17) is 9.46 Å². The minimum atomic E-state index is -0.833. The van der Waals surface area contributed by atoms with Gasteiger partial charge in [0.15, 0.2) is 5.78 Å². The first kappa shape index (κ1) is 21.8. The predicted octanol–water partition coefficient (Wildman–Crippen LogP) is 7.34. The van der Waals surface area contributed by atoms with Gasteiger partial charge in [-0.25, -0.2) is 4.57 Å². The first-order chi connectivity index (χ1) is 15.5. The number of ketones is 1. The van der Waals surface area contributed by atoms with E-state index < -0.39 is 8.69 Å². The van der Waals surface area contributed by atoms with Crippen LogP contribution in [0.1, 0.15) is 32.6 Å². The Morgan fingerprint density at radius 3 is 1.66 bits per heavy atom. The van der Waals surface area contributed by atoms with Crippen molar-refractivity contribution in [3.63, 3.8) is 0 Å². The van der Waals surface area contributed by atoms with Crippen molar-refractivity contribution in [2.24, 2.45) is 0 Å². The molecule has 1 N–H and O–H groups in total. The van der Waals surface area contributed by atoms with Gasteiger partial charge < -0.3 is 4.89 Å². The Kier molecular flexibility index (Phi) is 6.14. The maximum Gasteiger partial charge on any atom is 0.324 e. The molecule has 0 aliphatic heterocycles. The molecule has 3 aromatic rings. The third kappa shape index (κ3) is 3.60. The quantitative estimate of drug-likeness (QED) is 0.236. The van der Waals surface area contributed by atoms with Crippen LogP contribution in [0.15, 0.2) is 78.9 Å². The summed E-state index contributed by atoms with van der Waals surface area (Å²) in [6.07, 6.45) is 0. The van der Waals surface area contributed by atoms with Gasteiger partial charge in [0.05, 0.1) is 0 Å². The zero-order valence-corrected chi connectivity index (χ0v) is 19.1. The molecule has 3 aromatic carbocycles. The summed E-state index contributed by atoms with van der Waals surface area (Å²) in [5, 5.41) is 0. The number of carbonyl (C=O) groups excluding carboxylic acids is 1. The molecule has 2 aliphatic carbocycles. The largest absolute Gasteiger partial charge is 0.324 e. The fourth-order valence-electron chi connectivity index (χ4n) is 4.41. The fraction of sp³-hybridized carbons (Fsp3) is 0.107. The molecule has 5 rings (SSSR count). The van der Waals surface area contributed by atoms with Gasteiger partial charge in [0.25, 0.3) is 0 Å². The Morgan fingerprint density at radius 1 is 0.688 bits per heavy atom. The molecule has 0 amide bonds. The molecule has 2 aliphatic rings. The summed E-state index contributed by atoms with van der Waals surface area (Å²) >= 11 is 0. The molecule has 3 nitrogen and oxygen atoms in total. The van der Waals surface area contributed by atoms with Gasteiger partial charge in [0.2, 0.25) is 0 Å². The standard InChI is InChI=1S/C28H22O.HO2P/c1-17-18(2)25(20-10-6-4-7-11-20)27(21-12-8-5-9-13-21)26(19(17)3)28(29)24-16-22-14-15-23(22)24;1-3-2/h4-16H,1-3H3;(H,1,2). The second kappa shape index (κ2) is 9.00. The van der Waals surface area contributed by atoms with Crippen molar-refractivity contribution in [3.05, 3.63) is 107 Å². The molecular weight excluding hydrogens is 415 g/mol. The molecule has 0 saturated carbocycles. The number of fused-ring (bicyclic) bond motifs is 1. The van der Waals surface area contributed by atoms with E-state index in [0.717, 1.165) is 44.5 Å². The number of rotatable bonds is 4. The van der Waals surface area contributed by atoms with Crippen LogP contribution >= 0.6 is 8.69 Å². The topological polar surface area (TPSA) is 54.4 Å². The summed E-state index contributed by atoms with van der Waals surface area (Å²) in [4.78, 5) is 20.7. The first-order valence-electron chi connectivity index (χ1n) is 10.4. The highest BCUT2D eigenvalue weighted by atomic mass is 31.1. The molecule has 0 spiro atoms. The lowest BCUT2D eigenvalue weighted by Gasteiger charge is -2.26. The monoisotopic (exact) mass is 438 g/mol. The van der Waals surface area contributed by atoms with Gasteiger partial charge in [-0.3, -0.25) is 4.79 Å². The summed E-state index contributed by atoms with van der Waals surface area (Å²) in [5.74, 6) is 0.129. The number of benzene rings is 4. The minimum Gasteiger partial charge on any atom is -0.310 e. The number of hydrogen-bond acceptors (Lipinski definition) is 2. The highest BCUT2D eigenvalue weighted by Crippen LogP contribution is 2.44. The van der Waals surface area contributed by atoms with Gasteiger partial charge in [-0.2, -0.15) is 0 Å². The van der Waals surface area contributed by atoms with Crippen molar-refractivity contribution in [1.29, 1.82) is 0 Å². The molecule has 0 bridgehead atoms. The molecule has 0 heterocycles. The SMILES string of the molecule is Cc1c(C)c(C(=O)c2cc3ccc2-3)c(-c2ccccc2)c(-c2ccccc2)c1C.O=PO. The van der Waals surface area contributed by atoms with Gasteiger partial charge in [-0.1, -0.05) is 72.8 Å². The summed E-state index contributed by atoms with van der Waals surface area (Å²) in [5.41, 5.74) is 11.9. The van der Waals surface area contributed by atoms with Gasteiger partial charge in [0, 0.05) is 16.7 Å². The van der Waals surface area contributed by atoms with Crippen molar-refractivity contribution in [1.82, 2.24) is 0 Å². The van der Waals surface area contributed by atoms with Crippen molar-refractivity contribution in [2.75, 3.05) is 0 Å². The van der Waals surface area contributed by atoms with Crippen molar-refractivity contribution in [2.45, 2.75) is 20.8 Å². The average molecular weight is 438 g/mol. The van der Waals surface area contributed by atoms with Gasteiger partial charge >= 0.3 is 8.69 Å². The van der Waals surface area contributed by atoms with E-state index in [1.807, 2.05) is 36.4 Å². The Morgan fingerprint density at radius 2 is 1.22 bits per heavy atom. The van der Waals surface area contributed by atoms with Crippen LogP contribution in [0.3, 0.4) is 0 Å². The molecule has 0 unspecified atom stereocenters. The normalized spacial score (nSPS) is 11.0. The van der Waals surface area contributed by atoms with Crippen LogP contribution in [0.4, 0.5) is 0 Å². The van der Waals surface area contributed by atoms with Crippen LogP contribution in [0, 0.1) is 20.8 Å². The average Bonchev–Trinajstić information content (AvgIpc) is 2.80. The Balaban J connectivity index is 0.000000775. The van der Waals surface area contributed by atoms with Crippen LogP contribution < -0.4 is 0 Å². The molecule has 32 heavy (non-hydrogen) atoms. The van der Waals surface area contributed by atoms with Gasteiger partial charge in [-0.15, -0.1) is 0 Å². The van der Waals surface area contributed by atoms with Crippen LogP contribution in [0.25, 0.3) is 33.4 Å². The third-order valence-electron chi connectivity index (χ3n) is 6.30. The Hall–Kier alpha value is -3.39. The highest BCUT2D eigenvalue weighted by Gasteiger charge is 2.29. The summed E-state index contributed by atoms with van der Waals surface area (Å²) in [6.45, 7) is 6.39. The van der Waals surface area contributed by atoms with Crippen LogP contribution in [-0.4, -0.2) is 10.7 Å². The van der Waals surface area contributed by atoms with Gasteiger partial charge in [-0.05, 0) is 71.3 Å². The third-order valence-corrected chi connectivity index (χ3v) is 6.30. The molecule has 0 aromatic heterocycles. The second-order valence-electron chi connectivity index (χ2n) is 7.90. The summed E-state index contributed by atoms with van der Waals surface area (Å²) < 4.78 is 8.46. The lowest BCUT2D eigenvalue weighted by Crippen LogP contribution is -2.14. The van der Waals surface area contributed by atoms with E-state index in [1.54, 1.807) is 0 Å². The van der Waals surface area contributed by atoms with E-state index in [2.05, 4.69) is 63.2 Å². The van der Waals surface area contributed by atoms with Gasteiger partial charge in [0.1, 0.15) is 0 Å². The van der Waals surface area contributed by atoms with E-state index in [9.17, 15) is 4.79 Å². The maximum atomic E-state index is 13.7. The van der Waals surface area contributed by atoms with Crippen LogP contribution in [0.5, 0.6) is 0 Å². The van der Waals surface area contributed by atoms with E-state index >= 15 is 0 Å². The molecule has 0 radical (unpaired) electrons. The zero-order chi connectivity index (χ0) is 22.8. The van der Waals surface area contributed by atoms with E-state index in [0.29, 0.717) is 0 Å². The fourth-order valence-corrected chi connectivity index (χ4v) is 4.41. The Labute approximate surface area is 189 Å². The maximum absolute atomic E-state index is 13.7. The predicted molar refractivity (Wildman–Crippen MR) is 130 cm³/mol. The molecule has 158 valence electrons. The lowest BCUT2D eigenvalue weighted by molar-refractivity contribution is 0.103. The number of hydrogen-bond donors (Lipinski definition) is 1. The second-order valence-corrected chi connectivity index (χ2v) is 8.07. The highest BCUT2D eigenvalue weighted by molar-refractivity contribution is 7.16. The van der Waals surface area contributed by atoms with E-state index in [-0.39, 0.29) is 5.78 Å². The van der Waals surface area contributed by atoms with Crippen molar-refractivity contribution >= 4 is 14.5 Å². The smallest absolute Gasteiger partial charge is 0.310 e. The summed E-state index contributed by atoms with van der Waals surface area (Å²) in [6, 6.07) is 26.9. The van der Waals surface area contributed by atoms with Crippen molar-refractivity contribution in [3.8, 4) is 33.4 Å². The van der Waals surface area contributed by atoms with Crippen molar-refractivity contribution < 1.29 is 14.3 Å². The Bertz CT molecular complexity index is 1330. The molecular formula is C28H23O3P. The number of carbonyl (C=O) groups is 1.